The molecule has 3 aliphatic rings. The van der Waals surface area contributed by atoms with E-state index in [-0.39, 0.29) is 29.5 Å². The van der Waals surface area contributed by atoms with E-state index in [0.29, 0.717) is 29.0 Å². The zero-order valence-corrected chi connectivity index (χ0v) is 23.1. The van der Waals surface area contributed by atoms with Crippen LogP contribution in [-0.4, -0.2) is 41.5 Å². The highest BCUT2D eigenvalue weighted by molar-refractivity contribution is 6.03. The fraction of sp³-hybridized carbons (Fsp3) is 0.548. The van der Waals surface area contributed by atoms with E-state index in [1.807, 2.05) is 13.0 Å². The molecule has 0 radical (unpaired) electrons. The number of hydrogen-bond acceptors (Lipinski definition) is 7. The normalized spacial score (nSPS) is 35.5. The van der Waals surface area contributed by atoms with Gasteiger partial charge < -0.3 is 14.2 Å². The van der Waals surface area contributed by atoms with Crippen LogP contribution in [0.1, 0.15) is 71.2 Å². The van der Waals surface area contributed by atoms with Crippen LogP contribution < -0.4 is 0 Å². The van der Waals surface area contributed by atoms with Gasteiger partial charge in [-0.2, -0.15) is 0 Å². The van der Waals surface area contributed by atoms with Crippen molar-refractivity contribution in [3.63, 3.8) is 0 Å². The molecule has 204 valence electrons. The molecule has 0 amide bonds. The highest BCUT2D eigenvalue weighted by Crippen LogP contribution is 2.62. The lowest BCUT2D eigenvalue weighted by atomic mass is 9.76. The molecule has 0 aromatic heterocycles. The predicted molar refractivity (Wildman–Crippen MR) is 141 cm³/mol. The minimum atomic E-state index is -1.69. The first-order valence-electron chi connectivity index (χ1n) is 13.3. The first-order valence-corrected chi connectivity index (χ1v) is 13.3. The lowest BCUT2D eigenvalue weighted by molar-refractivity contribution is -0.179. The quantitative estimate of drug-likeness (QED) is 0.303. The van der Waals surface area contributed by atoms with Gasteiger partial charge >= 0.3 is 17.9 Å². The Kier molecular flexibility index (Phi) is 7.43. The van der Waals surface area contributed by atoms with Crippen LogP contribution in [0.3, 0.4) is 0 Å². The van der Waals surface area contributed by atoms with Crippen molar-refractivity contribution in [3.05, 3.63) is 59.7 Å². The average molecular weight is 523 g/mol. The Balaban J connectivity index is 1.87. The summed E-state index contributed by atoms with van der Waals surface area (Å²) in [5.74, 6) is -2.89. The summed E-state index contributed by atoms with van der Waals surface area (Å²) in [5, 5.41) is 0. The Morgan fingerprint density at radius 3 is 2.29 bits per heavy atom. The molecule has 2 fully saturated rings. The van der Waals surface area contributed by atoms with Crippen LogP contribution in [0, 0.1) is 29.1 Å². The molecule has 7 nitrogen and oxygen atoms in total. The Morgan fingerprint density at radius 1 is 1.03 bits per heavy atom. The summed E-state index contributed by atoms with van der Waals surface area (Å²) < 4.78 is 17.9. The first kappa shape index (κ1) is 27.8. The molecular formula is C31H38O7. The van der Waals surface area contributed by atoms with E-state index < -0.39 is 41.6 Å². The molecule has 0 N–H and O–H groups in total. The number of benzene rings is 1. The minimum absolute atomic E-state index is 0.0165. The topological polar surface area (TPSA) is 96.0 Å². The molecule has 1 aromatic carbocycles. The summed E-state index contributed by atoms with van der Waals surface area (Å²) in [5.41, 5.74) is -0.203. The number of ether oxygens (including phenoxy) is 3. The molecule has 3 aliphatic carbocycles. The maximum absolute atomic E-state index is 14.3. The van der Waals surface area contributed by atoms with Crippen LogP contribution in [0.2, 0.25) is 0 Å². The van der Waals surface area contributed by atoms with E-state index in [9.17, 15) is 19.2 Å². The largest absolute Gasteiger partial charge is 0.458 e. The third-order valence-corrected chi connectivity index (χ3v) is 8.77. The second-order valence-corrected chi connectivity index (χ2v) is 11.8. The second kappa shape index (κ2) is 10.2. The summed E-state index contributed by atoms with van der Waals surface area (Å²) in [4.78, 5) is 52.4. The Hall–Kier alpha value is -3.22. The number of Topliss-reactive ketones (excluding diaryl/α,β-unsaturated/α-hetero) is 1. The number of esters is 3. The third-order valence-electron chi connectivity index (χ3n) is 8.77. The van der Waals surface area contributed by atoms with Crippen LogP contribution in [-0.2, 0) is 28.6 Å². The number of carbonyl (C=O) groups excluding carboxylic acids is 4. The van der Waals surface area contributed by atoms with Crippen molar-refractivity contribution in [3.8, 4) is 0 Å². The van der Waals surface area contributed by atoms with Gasteiger partial charge in [0, 0.05) is 20.3 Å². The molecule has 2 saturated carbocycles. The molecule has 0 unspecified atom stereocenters. The molecule has 4 rings (SSSR count). The molecule has 7 heteroatoms. The SMILES string of the molecule is C=C1CC[C@@H]2[C@@H](/C=C(/C)C(=O)[C@@]3(OC(C)=O)C[C@H](C)[C@H](OC(=O)c4ccccc4)[C@@H]3[C@H]1OC(C)=O)C2(C)C. The average Bonchev–Trinajstić information content (AvgIpc) is 3.24. The highest BCUT2D eigenvalue weighted by Gasteiger charge is 2.65. The summed E-state index contributed by atoms with van der Waals surface area (Å²) in [6, 6.07) is 8.56. The van der Waals surface area contributed by atoms with Gasteiger partial charge in [-0.05, 0) is 66.2 Å². The second-order valence-electron chi connectivity index (χ2n) is 11.8. The maximum atomic E-state index is 14.3. The van der Waals surface area contributed by atoms with E-state index in [1.54, 1.807) is 37.3 Å². The standard InChI is InChI=1S/C31H38O7/c1-17-13-14-23-24(30(23,6)7)15-18(2)28(34)31(38-21(5)33)16-19(3)27(25(31)26(17)36-20(4)32)37-29(35)22-11-9-8-10-12-22/h8-12,15,19,23-27H,1,13-14,16H2,2-7H3/b18-15-/t19-,23+,24+,25-,26-,27-,31+/m0/s1. The fourth-order valence-electron chi connectivity index (χ4n) is 6.80. The molecule has 0 bridgehead atoms. The molecular weight excluding hydrogens is 484 g/mol. The van der Waals surface area contributed by atoms with Crippen molar-refractivity contribution in [2.75, 3.05) is 0 Å². The first-order chi connectivity index (χ1) is 17.8. The Morgan fingerprint density at radius 2 is 1.68 bits per heavy atom. The van der Waals surface area contributed by atoms with Gasteiger partial charge in [0.2, 0.25) is 5.78 Å². The molecule has 7 atom stereocenters. The van der Waals surface area contributed by atoms with Crippen LogP contribution in [0.25, 0.3) is 0 Å². The number of ketones is 1. The Bertz CT molecular complexity index is 1180. The predicted octanol–water partition coefficient (Wildman–Crippen LogP) is 5.24. The highest BCUT2D eigenvalue weighted by atomic mass is 16.6. The molecule has 0 aliphatic heterocycles. The third kappa shape index (κ3) is 4.95. The summed E-state index contributed by atoms with van der Waals surface area (Å²) in [6.07, 6.45) is 1.63. The van der Waals surface area contributed by atoms with Gasteiger partial charge in [0.1, 0.15) is 12.2 Å². The van der Waals surface area contributed by atoms with Gasteiger partial charge in [0.15, 0.2) is 5.60 Å². The van der Waals surface area contributed by atoms with E-state index in [1.165, 1.54) is 13.8 Å². The fourth-order valence-corrected chi connectivity index (χ4v) is 6.80. The van der Waals surface area contributed by atoms with Crippen molar-refractivity contribution < 1.29 is 33.4 Å². The molecule has 38 heavy (non-hydrogen) atoms. The molecule has 1 aromatic rings. The lowest BCUT2D eigenvalue weighted by Gasteiger charge is -2.39. The van der Waals surface area contributed by atoms with Gasteiger partial charge in [0.25, 0.3) is 0 Å². The van der Waals surface area contributed by atoms with Crippen molar-refractivity contribution in [1.82, 2.24) is 0 Å². The smallest absolute Gasteiger partial charge is 0.338 e. The zero-order chi connectivity index (χ0) is 28.0. The summed E-state index contributed by atoms with van der Waals surface area (Å²) in [7, 11) is 0. The van der Waals surface area contributed by atoms with E-state index in [0.717, 1.165) is 6.42 Å². The minimum Gasteiger partial charge on any atom is -0.458 e. The van der Waals surface area contributed by atoms with Gasteiger partial charge in [0.05, 0.1) is 11.5 Å². The van der Waals surface area contributed by atoms with Crippen molar-refractivity contribution >= 4 is 23.7 Å². The number of rotatable bonds is 4. The van der Waals surface area contributed by atoms with Gasteiger partial charge in [-0.1, -0.05) is 51.6 Å². The molecule has 0 spiro atoms. The van der Waals surface area contributed by atoms with Gasteiger partial charge in [-0.25, -0.2) is 4.79 Å². The Labute approximate surface area is 224 Å². The van der Waals surface area contributed by atoms with E-state index in [2.05, 4.69) is 20.4 Å². The number of hydrogen-bond donors (Lipinski definition) is 0. The van der Waals surface area contributed by atoms with Crippen LogP contribution in [0.15, 0.2) is 54.1 Å². The summed E-state index contributed by atoms with van der Waals surface area (Å²) >= 11 is 0. The van der Waals surface area contributed by atoms with Crippen molar-refractivity contribution in [2.45, 2.75) is 78.6 Å². The number of fused-ring (bicyclic) bond motifs is 2. The van der Waals surface area contributed by atoms with Gasteiger partial charge in [-0.15, -0.1) is 0 Å². The van der Waals surface area contributed by atoms with Crippen LogP contribution in [0.4, 0.5) is 0 Å². The van der Waals surface area contributed by atoms with Crippen molar-refractivity contribution in [1.29, 1.82) is 0 Å². The lowest BCUT2D eigenvalue weighted by Crippen LogP contribution is -2.55. The molecule has 0 heterocycles. The number of carbonyl (C=O) groups is 4. The van der Waals surface area contributed by atoms with Crippen molar-refractivity contribution in [2.24, 2.45) is 29.1 Å². The van der Waals surface area contributed by atoms with Crippen LogP contribution in [0.5, 0.6) is 0 Å². The van der Waals surface area contributed by atoms with Gasteiger partial charge in [-0.3, -0.25) is 14.4 Å². The molecule has 0 saturated heterocycles. The maximum Gasteiger partial charge on any atom is 0.338 e. The number of allylic oxidation sites excluding steroid dienone is 1. The monoisotopic (exact) mass is 522 g/mol. The van der Waals surface area contributed by atoms with E-state index >= 15 is 0 Å². The van der Waals surface area contributed by atoms with Crippen LogP contribution >= 0.6 is 0 Å². The zero-order valence-electron chi connectivity index (χ0n) is 23.1. The van der Waals surface area contributed by atoms with E-state index in [4.69, 9.17) is 14.2 Å². The summed E-state index contributed by atoms with van der Waals surface area (Å²) in [6.45, 7) is 14.8.